The maximum atomic E-state index is 12.2. The number of aromatic nitrogens is 2. The topological polar surface area (TPSA) is 75.2 Å². The SMILES string of the molecule is CCN(CC)C(=O)C(C)Nc1nc(C)nc(Cl)c1C=O. The standard InChI is InChI=1S/C13H19ClN4O2/c1-5-18(6-2)13(20)8(3)15-12-10(7-19)11(14)16-9(4)17-12/h7-8H,5-6H2,1-4H3,(H,15,16,17). The van der Waals surface area contributed by atoms with E-state index in [2.05, 4.69) is 15.3 Å². The van der Waals surface area contributed by atoms with Crippen LogP contribution in [0.4, 0.5) is 5.82 Å². The summed E-state index contributed by atoms with van der Waals surface area (Å²) in [6.45, 7) is 8.48. The van der Waals surface area contributed by atoms with Gasteiger partial charge < -0.3 is 10.2 Å². The van der Waals surface area contributed by atoms with Crippen molar-refractivity contribution < 1.29 is 9.59 Å². The van der Waals surface area contributed by atoms with Gasteiger partial charge in [-0.3, -0.25) is 9.59 Å². The molecule has 0 aromatic carbocycles. The number of likely N-dealkylation sites (N-methyl/N-ethyl adjacent to an activating group) is 1. The third-order valence-corrected chi connectivity index (χ3v) is 3.22. The molecule has 0 saturated carbocycles. The molecule has 1 amide bonds. The Bertz CT molecular complexity index is 503. The number of anilines is 1. The highest BCUT2D eigenvalue weighted by molar-refractivity contribution is 6.32. The van der Waals surface area contributed by atoms with Gasteiger partial charge in [0.25, 0.3) is 0 Å². The fourth-order valence-electron chi connectivity index (χ4n) is 1.84. The Kier molecular flexibility index (Phi) is 5.88. The Labute approximate surface area is 123 Å². The van der Waals surface area contributed by atoms with E-state index in [4.69, 9.17) is 11.6 Å². The maximum absolute atomic E-state index is 12.2. The lowest BCUT2D eigenvalue weighted by Crippen LogP contribution is -2.41. The molecule has 1 N–H and O–H groups in total. The zero-order valence-corrected chi connectivity index (χ0v) is 12.9. The van der Waals surface area contributed by atoms with Crippen molar-refractivity contribution in [2.24, 2.45) is 0 Å². The van der Waals surface area contributed by atoms with Gasteiger partial charge in [0.05, 0.1) is 5.56 Å². The molecule has 110 valence electrons. The fraction of sp³-hybridized carbons (Fsp3) is 0.538. The lowest BCUT2D eigenvalue weighted by atomic mass is 10.2. The van der Waals surface area contributed by atoms with Crippen LogP contribution in [0, 0.1) is 6.92 Å². The van der Waals surface area contributed by atoms with E-state index in [0.717, 1.165) is 0 Å². The van der Waals surface area contributed by atoms with Gasteiger partial charge in [-0.05, 0) is 27.7 Å². The molecule has 0 bridgehead atoms. The number of nitrogens with one attached hydrogen (secondary N) is 1. The zero-order chi connectivity index (χ0) is 15.3. The van der Waals surface area contributed by atoms with E-state index in [1.807, 2.05) is 13.8 Å². The lowest BCUT2D eigenvalue weighted by Gasteiger charge is -2.24. The maximum Gasteiger partial charge on any atom is 0.244 e. The Morgan fingerprint density at radius 1 is 1.40 bits per heavy atom. The van der Waals surface area contributed by atoms with Gasteiger partial charge in [0, 0.05) is 13.1 Å². The highest BCUT2D eigenvalue weighted by Gasteiger charge is 2.20. The van der Waals surface area contributed by atoms with Crippen LogP contribution in [0.5, 0.6) is 0 Å². The number of nitrogens with zero attached hydrogens (tertiary/aromatic N) is 3. The second kappa shape index (κ2) is 7.19. The van der Waals surface area contributed by atoms with E-state index in [1.165, 1.54) is 0 Å². The van der Waals surface area contributed by atoms with Gasteiger partial charge in [-0.25, -0.2) is 9.97 Å². The first kappa shape index (κ1) is 16.4. The summed E-state index contributed by atoms with van der Waals surface area (Å²) >= 11 is 5.90. The van der Waals surface area contributed by atoms with Crippen LogP contribution in [0.25, 0.3) is 0 Å². The molecule has 0 aliphatic carbocycles. The molecule has 7 heteroatoms. The van der Waals surface area contributed by atoms with Crippen molar-refractivity contribution in [2.45, 2.75) is 33.7 Å². The second-order valence-corrected chi connectivity index (χ2v) is 4.68. The van der Waals surface area contributed by atoms with Crippen molar-refractivity contribution in [1.29, 1.82) is 0 Å². The van der Waals surface area contributed by atoms with Crippen LogP contribution < -0.4 is 5.32 Å². The van der Waals surface area contributed by atoms with Gasteiger partial charge in [-0.1, -0.05) is 11.6 Å². The molecule has 0 fully saturated rings. The van der Waals surface area contributed by atoms with Gasteiger partial charge in [-0.15, -0.1) is 0 Å². The first-order valence-electron chi connectivity index (χ1n) is 6.49. The molecule has 1 aromatic heterocycles. The largest absolute Gasteiger partial charge is 0.358 e. The van der Waals surface area contributed by atoms with Crippen molar-refractivity contribution in [3.63, 3.8) is 0 Å². The molecule has 0 radical (unpaired) electrons. The summed E-state index contributed by atoms with van der Waals surface area (Å²) in [5.74, 6) is 0.662. The Hall–Kier alpha value is -1.69. The minimum absolute atomic E-state index is 0.0563. The van der Waals surface area contributed by atoms with Crippen molar-refractivity contribution in [2.75, 3.05) is 18.4 Å². The van der Waals surface area contributed by atoms with Crippen LogP contribution in [-0.4, -0.2) is 46.2 Å². The van der Waals surface area contributed by atoms with Crippen molar-refractivity contribution >= 4 is 29.6 Å². The number of rotatable bonds is 6. The zero-order valence-electron chi connectivity index (χ0n) is 12.1. The third kappa shape index (κ3) is 3.66. The Balaban J connectivity index is 2.98. The van der Waals surface area contributed by atoms with Crippen LogP contribution >= 0.6 is 11.6 Å². The van der Waals surface area contributed by atoms with E-state index in [9.17, 15) is 9.59 Å². The number of halogens is 1. The van der Waals surface area contributed by atoms with E-state index in [1.54, 1.807) is 18.7 Å². The fourth-order valence-corrected chi connectivity index (χ4v) is 2.09. The van der Waals surface area contributed by atoms with E-state index >= 15 is 0 Å². The van der Waals surface area contributed by atoms with Crippen LogP contribution in [0.15, 0.2) is 0 Å². The second-order valence-electron chi connectivity index (χ2n) is 4.32. The summed E-state index contributed by atoms with van der Waals surface area (Å²) in [7, 11) is 0. The molecular weight excluding hydrogens is 280 g/mol. The van der Waals surface area contributed by atoms with Crippen LogP contribution in [-0.2, 0) is 4.79 Å². The number of aldehydes is 1. The molecular formula is C13H19ClN4O2. The molecule has 20 heavy (non-hydrogen) atoms. The number of aryl methyl sites for hydroxylation is 1. The normalized spacial score (nSPS) is 11.8. The Morgan fingerprint density at radius 2 is 2.00 bits per heavy atom. The highest BCUT2D eigenvalue weighted by atomic mass is 35.5. The minimum atomic E-state index is -0.501. The van der Waals surface area contributed by atoms with E-state index in [0.29, 0.717) is 25.2 Å². The van der Waals surface area contributed by atoms with Crippen LogP contribution in [0.1, 0.15) is 37.0 Å². The molecule has 1 aromatic rings. The van der Waals surface area contributed by atoms with Gasteiger partial charge >= 0.3 is 0 Å². The molecule has 0 aliphatic rings. The van der Waals surface area contributed by atoms with Gasteiger partial charge in [0.15, 0.2) is 6.29 Å². The van der Waals surface area contributed by atoms with Crippen LogP contribution in [0.2, 0.25) is 5.15 Å². The van der Waals surface area contributed by atoms with Crippen LogP contribution in [0.3, 0.4) is 0 Å². The summed E-state index contributed by atoms with van der Waals surface area (Å²) < 4.78 is 0. The molecule has 1 rings (SSSR count). The van der Waals surface area contributed by atoms with Gasteiger partial charge in [0.1, 0.15) is 22.8 Å². The van der Waals surface area contributed by atoms with Crippen molar-refractivity contribution in [3.8, 4) is 0 Å². The molecule has 0 saturated heterocycles. The average Bonchev–Trinajstić information content (AvgIpc) is 2.39. The number of carbonyl (C=O) groups excluding carboxylic acids is 2. The first-order chi connectivity index (χ1) is 9.44. The minimum Gasteiger partial charge on any atom is -0.358 e. The summed E-state index contributed by atoms with van der Waals surface area (Å²) in [6, 6.07) is -0.501. The van der Waals surface area contributed by atoms with E-state index in [-0.39, 0.29) is 22.4 Å². The summed E-state index contributed by atoms with van der Waals surface area (Å²) in [5.41, 5.74) is 0.163. The summed E-state index contributed by atoms with van der Waals surface area (Å²) in [6.07, 6.45) is 0.582. The number of hydrogen-bond donors (Lipinski definition) is 1. The van der Waals surface area contributed by atoms with Crippen molar-refractivity contribution in [1.82, 2.24) is 14.9 Å². The van der Waals surface area contributed by atoms with Gasteiger partial charge in [-0.2, -0.15) is 0 Å². The third-order valence-electron chi connectivity index (χ3n) is 2.93. The molecule has 1 unspecified atom stereocenters. The summed E-state index contributed by atoms with van der Waals surface area (Å²) in [5, 5.41) is 3.01. The number of carbonyl (C=O) groups is 2. The summed E-state index contributed by atoms with van der Waals surface area (Å²) in [4.78, 5) is 33.0. The average molecular weight is 299 g/mol. The first-order valence-corrected chi connectivity index (χ1v) is 6.86. The van der Waals surface area contributed by atoms with Gasteiger partial charge in [0.2, 0.25) is 5.91 Å². The predicted molar refractivity (Wildman–Crippen MR) is 78.2 cm³/mol. The predicted octanol–water partition coefficient (Wildman–Crippen LogP) is 1.92. The van der Waals surface area contributed by atoms with E-state index < -0.39 is 6.04 Å². The lowest BCUT2D eigenvalue weighted by molar-refractivity contribution is -0.131. The number of amides is 1. The highest BCUT2D eigenvalue weighted by Crippen LogP contribution is 2.19. The quantitative estimate of drug-likeness (QED) is 0.641. The monoisotopic (exact) mass is 298 g/mol. The smallest absolute Gasteiger partial charge is 0.244 e. The molecule has 0 spiro atoms. The molecule has 6 nitrogen and oxygen atoms in total. The number of hydrogen-bond acceptors (Lipinski definition) is 5. The molecule has 1 atom stereocenters. The van der Waals surface area contributed by atoms with Crippen molar-refractivity contribution in [3.05, 3.63) is 16.5 Å². The Morgan fingerprint density at radius 3 is 2.50 bits per heavy atom. The molecule has 0 aliphatic heterocycles. The molecule has 1 heterocycles.